The quantitative estimate of drug-likeness (QED) is 0.123. The van der Waals surface area contributed by atoms with E-state index in [2.05, 4.69) is 33.1 Å². The topological polar surface area (TPSA) is 133 Å². The zero-order chi connectivity index (χ0) is 33.5. The van der Waals surface area contributed by atoms with Gasteiger partial charge in [-0.2, -0.15) is 0 Å². The van der Waals surface area contributed by atoms with Gasteiger partial charge in [-0.1, -0.05) is 53.5 Å². The number of hydrogen-bond acceptors (Lipinski definition) is 9. The number of amides is 1. The number of anilines is 1. The molecule has 250 valence electrons. The lowest BCUT2D eigenvalue weighted by molar-refractivity contribution is -0.143. The standard InChI is InChI=1S/C33H43Cl2N5O6/c1-5-44-29(41)22-40-28(35)21-38-30(31(40)42)37-20-26(17-23-11-7-6-8-12-23)36-15-9-10-16-45-27-14-13-25(34)18-24(27)19-39-32(43)46-33(2,3)4/h6-8,11-14,18,21,26,36H,5,9-10,15-17,19-20,22H2,1-4H3,(H,37,38)(H,39,43)/t26-/m1/s1. The summed E-state index contributed by atoms with van der Waals surface area (Å²) in [6, 6.07) is 15.3. The zero-order valence-electron chi connectivity index (χ0n) is 26.7. The summed E-state index contributed by atoms with van der Waals surface area (Å²) in [7, 11) is 0. The van der Waals surface area contributed by atoms with Crippen molar-refractivity contribution >= 4 is 41.1 Å². The number of aromatic nitrogens is 2. The third-order valence-electron chi connectivity index (χ3n) is 6.55. The van der Waals surface area contributed by atoms with Crippen molar-refractivity contribution in [2.75, 3.05) is 31.6 Å². The summed E-state index contributed by atoms with van der Waals surface area (Å²) in [5.41, 5.74) is 0.799. The minimum atomic E-state index is -0.596. The van der Waals surface area contributed by atoms with Crippen LogP contribution < -0.4 is 26.2 Å². The number of carbonyl (C=O) groups is 2. The number of nitrogens with zero attached hydrogens (tertiary/aromatic N) is 2. The van der Waals surface area contributed by atoms with Crippen molar-refractivity contribution in [1.29, 1.82) is 0 Å². The highest BCUT2D eigenvalue weighted by molar-refractivity contribution is 6.30. The van der Waals surface area contributed by atoms with Gasteiger partial charge < -0.3 is 30.2 Å². The molecular formula is C33H43Cl2N5O6. The minimum Gasteiger partial charge on any atom is -0.493 e. The van der Waals surface area contributed by atoms with E-state index in [-0.39, 0.29) is 36.7 Å². The molecule has 3 rings (SSSR count). The van der Waals surface area contributed by atoms with Crippen molar-refractivity contribution in [3.05, 3.63) is 86.4 Å². The molecule has 1 atom stereocenters. The maximum absolute atomic E-state index is 13.0. The van der Waals surface area contributed by atoms with E-state index in [1.807, 2.05) is 18.2 Å². The molecule has 3 aromatic rings. The molecule has 0 aliphatic rings. The van der Waals surface area contributed by atoms with Crippen molar-refractivity contribution in [3.63, 3.8) is 0 Å². The normalized spacial score (nSPS) is 11.9. The Balaban J connectivity index is 1.53. The predicted molar refractivity (Wildman–Crippen MR) is 180 cm³/mol. The third-order valence-corrected chi connectivity index (χ3v) is 7.08. The van der Waals surface area contributed by atoms with Crippen LogP contribution in [0.15, 0.2) is 59.5 Å². The van der Waals surface area contributed by atoms with Crippen LogP contribution in [0, 0.1) is 0 Å². The number of halogens is 2. The second kappa shape index (κ2) is 18.4. The first-order valence-corrected chi connectivity index (χ1v) is 16.0. The predicted octanol–water partition coefficient (Wildman–Crippen LogP) is 5.61. The number of hydrogen-bond donors (Lipinski definition) is 3. The molecule has 0 aliphatic heterocycles. The van der Waals surface area contributed by atoms with Gasteiger partial charge in [-0.05, 0) is 77.3 Å². The minimum absolute atomic E-state index is 0.0273. The molecule has 0 fully saturated rings. The Labute approximate surface area is 279 Å². The number of ether oxygens (including phenoxy) is 3. The van der Waals surface area contributed by atoms with Crippen molar-refractivity contribution in [2.45, 2.75) is 71.7 Å². The van der Waals surface area contributed by atoms with Crippen molar-refractivity contribution < 1.29 is 23.8 Å². The Morgan fingerprint density at radius 2 is 1.83 bits per heavy atom. The SMILES string of the molecule is CCOC(=O)Cn1c(Cl)cnc(NC[C@@H](Cc2ccccc2)NCCCCOc2ccc(Cl)cc2CNC(=O)OC(C)(C)C)c1=O. The highest BCUT2D eigenvalue weighted by atomic mass is 35.5. The van der Waals surface area contributed by atoms with E-state index in [1.54, 1.807) is 45.9 Å². The van der Waals surface area contributed by atoms with E-state index >= 15 is 0 Å². The number of carbonyl (C=O) groups excluding carboxylic acids is 2. The molecule has 11 nitrogen and oxygen atoms in total. The molecule has 0 unspecified atom stereocenters. The van der Waals surface area contributed by atoms with Crippen LogP contribution in [0.2, 0.25) is 10.2 Å². The summed E-state index contributed by atoms with van der Waals surface area (Å²) in [6.45, 7) is 8.82. The van der Waals surface area contributed by atoms with E-state index < -0.39 is 23.2 Å². The highest BCUT2D eigenvalue weighted by Crippen LogP contribution is 2.23. The second-order valence-electron chi connectivity index (χ2n) is 11.5. The molecule has 3 N–H and O–H groups in total. The number of benzene rings is 2. The van der Waals surface area contributed by atoms with Crippen LogP contribution in [0.3, 0.4) is 0 Å². The van der Waals surface area contributed by atoms with E-state index in [9.17, 15) is 14.4 Å². The zero-order valence-corrected chi connectivity index (χ0v) is 28.2. The van der Waals surface area contributed by atoms with Crippen LogP contribution in [-0.4, -0.2) is 59.6 Å². The van der Waals surface area contributed by atoms with Gasteiger partial charge in [-0.25, -0.2) is 9.78 Å². The van der Waals surface area contributed by atoms with Crippen molar-refractivity contribution in [1.82, 2.24) is 20.2 Å². The van der Waals surface area contributed by atoms with Crippen LogP contribution in [0.25, 0.3) is 0 Å². The molecular weight excluding hydrogens is 633 g/mol. The summed E-state index contributed by atoms with van der Waals surface area (Å²) in [5.74, 6) is 0.187. The molecule has 46 heavy (non-hydrogen) atoms. The molecule has 0 aliphatic carbocycles. The van der Waals surface area contributed by atoms with E-state index in [4.69, 9.17) is 37.4 Å². The lowest BCUT2D eigenvalue weighted by Gasteiger charge is -2.21. The van der Waals surface area contributed by atoms with Gasteiger partial charge in [0.25, 0.3) is 5.56 Å². The van der Waals surface area contributed by atoms with Gasteiger partial charge in [0, 0.05) is 29.7 Å². The molecule has 13 heteroatoms. The van der Waals surface area contributed by atoms with Crippen LogP contribution >= 0.6 is 23.2 Å². The highest BCUT2D eigenvalue weighted by Gasteiger charge is 2.17. The van der Waals surface area contributed by atoms with Gasteiger partial charge in [0.1, 0.15) is 23.0 Å². The first-order chi connectivity index (χ1) is 21.9. The lowest BCUT2D eigenvalue weighted by atomic mass is 10.1. The van der Waals surface area contributed by atoms with Gasteiger partial charge in [0.2, 0.25) is 0 Å². The molecule has 0 saturated heterocycles. The maximum atomic E-state index is 13.0. The van der Waals surface area contributed by atoms with Crippen LogP contribution in [-0.2, 0) is 33.8 Å². The molecule has 0 saturated carbocycles. The van der Waals surface area contributed by atoms with Crippen molar-refractivity contribution in [3.8, 4) is 5.75 Å². The van der Waals surface area contributed by atoms with Gasteiger partial charge in [-0.3, -0.25) is 14.2 Å². The Hall–Kier alpha value is -3.80. The average Bonchev–Trinajstić information content (AvgIpc) is 2.99. The molecule has 0 spiro atoms. The van der Waals surface area contributed by atoms with Crippen molar-refractivity contribution in [2.24, 2.45) is 0 Å². The Kier molecular flexibility index (Phi) is 14.6. The smallest absolute Gasteiger partial charge is 0.407 e. The molecule has 0 bridgehead atoms. The summed E-state index contributed by atoms with van der Waals surface area (Å²) in [6.07, 6.45) is 3.14. The number of alkyl carbamates (subject to hydrolysis) is 1. The number of rotatable bonds is 17. The Bertz CT molecular complexity index is 1480. The summed E-state index contributed by atoms with van der Waals surface area (Å²) >= 11 is 12.3. The van der Waals surface area contributed by atoms with E-state index in [1.165, 1.54) is 6.20 Å². The van der Waals surface area contributed by atoms with Crippen LogP contribution in [0.1, 0.15) is 51.7 Å². The number of nitrogens with one attached hydrogen (secondary N) is 3. The fraction of sp³-hybridized carbons (Fsp3) is 0.455. The fourth-order valence-corrected chi connectivity index (χ4v) is 4.81. The first-order valence-electron chi connectivity index (χ1n) is 15.3. The van der Waals surface area contributed by atoms with Crippen LogP contribution in [0.5, 0.6) is 5.75 Å². The summed E-state index contributed by atoms with van der Waals surface area (Å²) in [5, 5.41) is 10.0. The van der Waals surface area contributed by atoms with Gasteiger partial charge in [0.05, 0.1) is 19.4 Å². The molecule has 2 aromatic carbocycles. The number of esters is 1. The van der Waals surface area contributed by atoms with Gasteiger partial charge in [0.15, 0.2) is 5.82 Å². The maximum Gasteiger partial charge on any atom is 0.407 e. The third kappa shape index (κ3) is 12.9. The largest absolute Gasteiger partial charge is 0.493 e. The molecule has 1 heterocycles. The average molecular weight is 677 g/mol. The van der Waals surface area contributed by atoms with Gasteiger partial charge >= 0.3 is 12.1 Å². The number of unbranched alkanes of at least 4 members (excludes halogenated alkanes) is 1. The molecule has 0 radical (unpaired) electrons. The lowest BCUT2D eigenvalue weighted by Crippen LogP contribution is -2.39. The fourth-order valence-electron chi connectivity index (χ4n) is 4.43. The Morgan fingerprint density at radius 1 is 1.07 bits per heavy atom. The van der Waals surface area contributed by atoms with Gasteiger partial charge in [-0.15, -0.1) is 0 Å². The monoisotopic (exact) mass is 675 g/mol. The van der Waals surface area contributed by atoms with E-state index in [0.717, 1.165) is 28.5 Å². The molecule has 1 amide bonds. The van der Waals surface area contributed by atoms with Crippen LogP contribution in [0.4, 0.5) is 10.6 Å². The first kappa shape index (κ1) is 36.7. The summed E-state index contributed by atoms with van der Waals surface area (Å²) < 4.78 is 17.4. The molecule has 1 aromatic heterocycles. The second-order valence-corrected chi connectivity index (χ2v) is 12.3. The van der Waals surface area contributed by atoms with E-state index in [0.29, 0.717) is 36.9 Å². The Morgan fingerprint density at radius 3 is 2.54 bits per heavy atom. The summed E-state index contributed by atoms with van der Waals surface area (Å²) in [4.78, 5) is 41.2.